The standard InChI is InChI=1S/C23H32O4/c1-17(2)15-22(18(3)4)23(24)27-14-12-25-11-13-26-21-10-9-19-7-5-6-8-20(19)16-21/h5-10,16-18,22H,11-15H2,1-4H3. The number of carbonyl (C=O) groups excluding carboxylic acids is 1. The molecule has 2 rings (SSSR count). The van der Waals surface area contributed by atoms with E-state index in [1.54, 1.807) is 0 Å². The van der Waals surface area contributed by atoms with Gasteiger partial charge in [0.05, 0.1) is 19.1 Å². The van der Waals surface area contributed by atoms with Crippen molar-refractivity contribution in [2.24, 2.45) is 17.8 Å². The maximum absolute atomic E-state index is 12.2. The quantitative estimate of drug-likeness (QED) is 0.407. The van der Waals surface area contributed by atoms with Crippen molar-refractivity contribution in [3.05, 3.63) is 42.5 Å². The molecule has 0 saturated carbocycles. The van der Waals surface area contributed by atoms with E-state index >= 15 is 0 Å². The van der Waals surface area contributed by atoms with Crippen LogP contribution in [0.1, 0.15) is 34.1 Å². The number of esters is 1. The summed E-state index contributed by atoms with van der Waals surface area (Å²) in [6.45, 7) is 9.99. The molecule has 0 aromatic heterocycles. The van der Waals surface area contributed by atoms with Crippen molar-refractivity contribution in [3.8, 4) is 5.75 Å². The molecule has 0 heterocycles. The molecule has 27 heavy (non-hydrogen) atoms. The number of rotatable bonds is 11. The first-order valence-electron chi connectivity index (χ1n) is 9.83. The highest BCUT2D eigenvalue weighted by Crippen LogP contribution is 2.22. The maximum Gasteiger partial charge on any atom is 0.309 e. The van der Waals surface area contributed by atoms with Gasteiger partial charge in [-0.25, -0.2) is 0 Å². The van der Waals surface area contributed by atoms with Crippen LogP contribution in [0.15, 0.2) is 42.5 Å². The van der Waals surface area contributed by atoms with Gasteiger partial charge in [-0.05, 0) is 41.2 Å². The summed E-state index contributed by atoms with van der Waals surface area (Å²) in [6, 6.07) is 14.2. The van der Waals surface area contributed by atoms with Gasteiger partial charge in [-0.3, -0.25) is 4.79 Å². The van der Waals surface area contributed by atoms with Crippen LogP contribution in [0.4, 0.5) is 0 Å². The summed E-state index contributed by atoms with van der Waals surface area (Å²) in [5.74, 6) is 1.44. The van der Waals surface area contributed by atoms with Crippen LogP contribution in [0, 0.1) is 17.8 Å². The Kier molecular flexibility index (Phi) is 8.59. The Morgan fingerprint density at radius 2 is 1.59 bits per heavy atom. The maximum atomic E-state index is 12.2. The molecule has 0 radical (unpaired) electrons. The van der Waals surface area contributed by atoms with E-state index in [4.69, 9.17) is 14.2 Å². The average molecular weight is 373 g/mol. The van der Waals surface area contributed by atoms with Gasteiger partial charge in [0.15, 0.2) is 0 Å². The normalized spacial score (nSPS) is 12.5. The fourth-order valence-electron chi connectivity index (χ4n) is 3.03. The molecule has 4 nitrogen and oxygen atoms in total. The minimum atomic E-state index is -0.116. The monoisotopic (exact) mass is 372 g/mol. The van der Waals surface area contributed by atoms with E-state index in [9.17, 15) is 4.79 Å². The minimum Gasteiger partial charge on any atom is -0.491 e. The summed E-state index contributed by atoms with van der Waals surface area (Å²) in [4.78, 5) is 12.2. The lowest BCUT2D eigenvalue weighted by atomic mass is 9.88. The highest BCUT2D eigenvalue weighted by Gasteiger charge is 2.24. The zero-order valence-corrected chi connectivity index (χ0v) is 16.9. The van der Waals surface area contributed by atoms with Crippen LogP contribution in [0.2, 0.25) is 0 Å². The molecular formula is C23H32O4. The topological polar surface area (TPSA) is 44.8 Å². The Hall–Kier alpha value is -2.07. The third-order valence-corrected chi connectivity index (χ3v) is 4.52. The van der Waals surface area contributed by atoms with Crippen molar-refractivity contribution in [2.75, 3.05) is 26.4 Å². The molecule has 148 valence electrons. The van der Waals surface area contributed by atoms with Gasteiger partial charge in [0.2, 0.25) is 0 Å². The predicted molar refractivity (Wildman–Crippen MR) is 109 cm³/mol. The second kappa shape index (κ2) is 10.9. The highest BCUT2D eigenvalue weighted by atomic mass is 16.6. The fraction of sp³-hybridized carbons (Fsp3) is 0.522. The summed E-state index contributed by atoms with van der Waals surface area (Å²) in [5.41, 5.74) is 0. The third kappa shape index (κ3) is 7.22. The van der Waals surface area contributed by atoms with Crippen LogP contribution in [0.3, 0.4) is 0 Å². The average Bonchev–Trinajstić information content (AvgIpc) is 2.64. The van der Waals surface area contributed by atoms with Crippen molar-refractivity contribution < 1.29 is 19.0 Å². The Morgan fingerprint density at radius 3 is 2.30 bits per heavy atom. The summed E-state index contributed by atoms with van der Waals surface area (Å²) >= 11 is 0. The molecule has 0 bridgehead atoms. The minimum absolute atomic E-state index is 0.0405. The van der Waals surface area contributed by atoms with E-state index < -0.39 is 0 Å². The first-order chi connectivity index (χ1) is 13.0. The van der Waals surface area contributed by atoms with E-state index in [0.29, 0.717) is 25.7 Å². The lowest BCUT2D eigenvalue weighted by Crippen LogP contribution is -2.25. The summed E-state index contributed by atoms with van der Waals surface area (Å²) in [5, 5.41) is 2.35. The molecule has 0 aliphatic heterocycles. The number of ether oxygens (including phenoxy) is 3. The number of benzene rings is 2. The van der Waals surface area contributed by atoms with E-state index in [0.717, 1.165) is 17.6 Å². The third-order valence-electron chi connectivity index (χ3n) is 4.52. The number of fused-ring (bicyclic) bond motifs is 1. The van der Waals surface area contributed by atoms with Crippen molar-refractivity contribution in [3.63, 3.8) is 0 Å². The fourth-order valence-corrected chi connectivity index (χ4v) is 3.03. The van der Waals surface area contributed by atoms with Crippen LogP contribution in [0.5, 0.6) is 5.75 Å². The molecule has 1 atom stereocenters. The lowest BCUT2D eigenvalue weighted by molar-refractivity contribution is -0.152. The van der Waals surface area contributed by atoms with Gasteiger partial charge >= 0.3 is 5.97 Å². The highest BCUT2D eigenvalue weighted by molar-refractivity contribution is 5.83. The van der Waals surface area contributed by atoms with E-state index in [1.807, 2.05) is 30.3 Å². The molecule has 0 spiro atoms. The van der Waals surface area contributed by atoms with Crippen LogP contribution < -0.4 is 4.74 Å². The second-order valence-electron chi connectivity index (χ2n) is 7.62. The van der Waals surface area contributed by atoms with Gasteiger partial charge in [-0.15, -0.1) is 0 Å². The molecule has 0 fully saturated rings. The lowest BCUT2D eigenvalue weighted by Gasteiger charge is -2.21. The van der Waals surface area contributed by atoms with E-state index in [2.05, 4.69) is 39.8 Å². The molecule has 0 N–H and O–H groups in total. The van der Waals surface area contributed by atoms with Crippen LogP contribution in [-0.4, -0.2) is 32.4 Å². The largest absolute Gasteiger partial charge is 0.491 e. The van der Waals surface area contributed by atoms with E-state index in [1.165, 1.54) is 5.39 Å². The molecule has 0 amide bonds. The Bertz CT molecular complexity index is 708. The van der Waals surface area contributed by atoms with Gasteiger partial charge in [-0.2, -0.15) is 0 Å². The van der Waals surface area contributed by atoms with Crippen molar-refractivity contribution in [1.29, 1.82) is 0 Å². The summed E-state index contributed by atoms with van der Waals surface area (Å²) < 4.78 is 16.6. The molecule has 2 aromatic carbocycles. The molecule has 0 aliphatic carbocycles. The number of hydrogen-bond donors (Lipinski definition) is 0. The van der Waals surface area contributed by atoms with Gasteiger partial charge in [-0.1, -0.05) is 58.0 Å². The second-order valence-corrected chi connectivity index (χ2v) is 7.62. The van der Waals surface area contributed by atoms with Crippen molar-refractivity contribution in [2.45, 2.75) is 34.1 Å². The van der Waals surface area contributed by atoms with Crippen LogP contribution >= 0.6 is 0 Å². The first-order valence-corrected chi connectivity index (χ1v) is 9.83. The SMILES string of the molecule is CC(C)CC(C(=O)OCCOCCOc1ccc2ccccc2c1)C(C)C. The number of hydrogen-bond acceptors (Lipinski definition) is 4. The molecule has 2 aromatic rings. The van der Waals surface area contributed by atoms with Crippen LogP contribution in [0.25, 0.3) is 10.8 Å². The molecular weight excluding hydrogens is 340 g/mol. The molecule has 1 unspecified atom stereocenters. The van der Waals surface area contributed by atoms with Gasteiger partial charge in [0.1, 0.15) is 19.0 Å². The Labute approximate surface area is 162 Å². The zero-order valence-electron chi connectivity index (χ0n) is 16.9. The smallest absolute Gasteiger partial charge is 0.309 e. The van der Waals surface area contributed by atoms with E-state index in [-0.39, 0.29) is 24.4 Å². The molecule has 0 saturated heterocycles. The molecule has 0 aliphatic rings. The van der Waals surface area contributed by atoms with Gasteiger partial charge in [0, 0.05) is 0 Å². The van der Waals surface area contributed by atoms with Crippen LogP contribution in [-0.2, 0) is 14.3 Å². The summed E-state index contributed by atoms with van der Waals surface area (Å²) in [6.07, 6.45) is 0.858. The van der Waals surface area contributed by atoms with Gasteiger partial charge < -0.3 is 14.2 Å². The Balaban J connectivity index is 1.61. The predicted octanol–water partition coefficient (Wildman–Crippen LogP) is 5.10. The first kappa shape index (κ1) is 21.2. The number of carbonyl (C=O) groups is 1. The Morgan fingerprint density at radius 1 is 0.889 bits per heavy atom. The van der Waals surface area contributed by atoms with Crippen molar-refractivity contribution in [1.82, 2.24) is 0 Å². The van der Waals surface area contributed by atoms with Gasteiger partial charge in [0.25, 0.3) is 0 Å². The zero-order chi connectivity index (χ0) is 19.6. The summed E-state index contributed by atoms with van der Waals surface area (Å²) in [7, 11) is 0. The molecule has 4 heteroatoms. The van der Waals surface area contributed by atoms with Crippen molar-refractivity contribution >= 4 is 16.7 Å².